The summed E-state index contributed by atoms with van der Waals surface area (Å²) in [5.41, 5.74) is 0. The van der Waals surface area contributed by atoms with Gasteiger partial charge in [-0.25, -0.2) is 0 Å². The van der Waals surface area contributed by atoms with Gasteiger partial charge in [0, 0.05) is 22.9 Å². The SMILES string of the molecule is O=C(CCCC(=O)Oc1c(Cl)cc(Cl)cc1Cl)Oc1ccc(Cl)cc1Cl. The van der Waals surface area contributed by atoms with E-state index in [0.717, 1.165) is 0 Å². The van der Waals surface area contributed by atoms with Crippen molar-refractivity contribution in [3.63, 3.8) is 0 Å². The van der Waals surface area contributed by atoms with Crippen molar-refractivity contribution >= 4 is 69.9 Å². The van der Waals surface area contributed by atoms with Gasteiger partial charge in [0.2, 0.25) is 0 Å². The summed E-state index contributed by atoms with van der Waals surface area (Å²) in [6.45, 7) is 0. The fourth-order valence-corrected chi connectivity index (χ4v) is 3.24. The lowest BCUT2D eigenvalue weighted by molar-refractivity contribution is -0.136. The first kappa shape index (κ1) is 21.1. The predicted molar refractivity (Wildman–Crippen MR) is 103 cm³/mol. The molecule has 0 heterocycles. The highest BCUT2D eigenvalue weighted by Gasteiger charge is 2.15. The van der Waals surface area contributed by atoms with Crippen LogP contribution in [0.4, 0.5) is 0 Å². The summed E-state index contributed by atoms with van der Waals surface area (Å²) in [4.78, 5) is 23.7. The van der Waals surface area contributed by atoms with Crippen molar-refractivity contribution in [2.45, 2.75) is 19.3 Å². The summed E-state index contributed by atoms with van der Waals surface area (Å²) in [6.07, 6.45) is 0.181. The van der Waals surface area contributed by atoms with Gasteiger partial charge in [-0.1, -0.05) is 58.0 Å². The first-order valence-corrected chi connectivity index (χ1v) is 9.16. The van der Waals surface area contributed by atoms with Crippen LogP contribution < -0.4 is 9.47 Å². The molecule has 0 atom stereocenters. The third-order valence-corrected chi connectivity index (χ3v) is 4.37. The maximum absolute atomic E-state index is 11.9. The highest BCUT2D eigenvalue weighted by molar-refractivity contribution is 6.40. The molecule has 0 aromatic heterocycles. The van der Waals surface area contributed by atoms with E-state index in [-0.39, 0.29) is 45.8 Å². The molecule has 0 saturated heterocycles. The Balaban J connectivity index is 1.82. The molecule has 0 aliphatic heterocycles. The number of rotatable bonds is 6. The Morgan fingerprint density at radius 3 is 1.85 bits per heavy atom. The van der Waals surface area contributed by atoms with E-state index < -0.39 is 11.9 Å². The van der Waals surface area contributed by atoms with Crippen LogP contribution in [-0.4, -0.2) is 11.9 Å². The average molecular weight is 457 g/mol. The van der Waals surface area contributed by atoms with Gasteiger partial charge in [-0.3, -0.25) is 9.59 Å². The van der Waals surface area contributed by atoms with E-state index in [0.29, 0.717) is 10.0 Å². The average Bonchev–Trinajstić information content (AvgIpc) is 2.53. The van der Waals surface area contributed by atoms with Crippen molar-refractivity contribution in [2.75, 3.05) is 0 Å². The molecular weight excluding hydrogens is 445 g/mol. The monoisotopic (exact) mass is 454 g/mol. The lowest BCUT2D eigenvalue weighted by Crippen LogP contribution is -2.12. The van der Waals surface area contributed by atoms with E-state index in [2.05, 4.69) is 0 Å². The van der Waals surface area contributed by atoms with E-state index in [1.807, 2.05) is 0 Å². The van der Waals surface area contributed by atoms with Gasteiger partial charge in [0.25, 0.3) is 0 Å². The van der Waals surface area contributed by atoms with Crippen LogP contribution in [-0.2, 0) is 9.59 Å². The number of hydrogen-bond acceptors (Lipinski definition) is 4. The van der Waals surface area contributed by atoms with E-state index in [1.54, 1.807) is 6.07 Å². The molecule has 2 aromatic carbocycles. The van der Waals surface area contributed by atoms with Gasteiger partial charge in [0.1, 0.15) is 5.75 Å². The van der Waals surface area contributed by atoms with Crippen LogP contribution >= 0.6 is 58.0 Å². The Kier molecular flexibility index (Phi) is 7.86. The van der Waals surface area contributed by atoms with E-state index in [4.69, 9.17) is 67.5 Å². The molecule has 26 heavy (non-hydrogen) atoms. The first-order chi connectivity index (χ1) is 12.3. The zero-order valence-corrected chi connectivity index (χ0v) is 16.8. The molecule has 0 bridgehead atoms. The van der Waals surface area contributed by atoms with E-state index in [9.17, 15) is 9.59 Å². The third kappa shape index (κ3) is 6.22. The van der Waals surface area contributed by atoms with Gasteiger partial charge < -0.3 is 9.47 Å². The zero-order valence-electron chi connectivity index (χ0n) is 13.0. The van der Waals surface area contributed by atoms with Crippen LogP contribution in [0.1, 0.15) is 19.3 Å². The second-order valence-corrected chi connectivity index (χ2v) is 7.17. The van der Waals surface area contributed by atoms with Crippen LogP contribution in [0.5, 0.6) is 11.5 Å². The number of carbonyl (C=O) groups excluding carboxylic acids is 2. The molecule has 4 nitrogen and oxygen atoms in total. The molecule has 2 aromatic rings. The molecule has 0 amide bonds. The molecule has 0 unspecified atom stereocenters. The van der Waals surface area contributed by atoms with Crippen molar-refractivity contribution < 1.29 is 19.1 Å². The van der Waals surface area contributed by atoms with Crippen molar-refractivity contribution in [3.8, 4) is 11.5 Å². The zero-order chi connectivity index (χ0) is 19.3. The third-order valence-electron chi connectivity index (χ3n) is 3.06. The number of hydrogen-bond donors (Lipinski definition) is 0. The predicted octanol–water partition coefficient (Wildman–Crippen LogP) is 6.63. The maximum atomic E-state index is 11.9. The van der Waals surface area contributed by atoms with Gasteiger partial charge in [-0.2, -0.15) is 0 Å². The normalized spacial score (nSPS) is 10.5. The Hall–Kier alpha value is -1.17. The number of ether oxygens (including phenoxy) is 2. The number of benzene rings is 2. The molecule has 0 radical (unpaired) electrons. The van der Waals surface area contributed by atoms with Crippen LogP contribution in [0.3, 0.4) is 0 Å². The molecule has 138 valence electrons. The van der Waals surface area contributed by atoms with Crippen LogP contribution in [0.25, 0.3) is 0 Å². The minimum atomic E-state index is -0.589. The molecule has 2 rings (SSSR count). The number of halogens is 5. The summed E-state index contributed by atoms with van der Waals surface area (Å²) in [5.74, 6) is -0.903. The maximum Gasteiger partial charge on any atom is 0.311 e. The van der Waals surface area contributed by atoms with E-state index >= 15 is 0 Å². The first-order valence-electron chi connectivity index (χ1n) is 7.27. The van der Waals surface area contributed by atoms with Gasteiger partial charge in [-0.05, 0) is 36.8 Å². The van der Waals surface area contributed by atoms with Gasteiger partial charge >= 0.3 is 11.9 Å². The van der Waals surface area contributed by atoms with Gasteiger partial charge in [0.15, 0.2) is 5.75 Å². The van der Waals surface area contributed by atoms with Gasteiger partial charge in [-0.15, -0.1) is 0 Å². The topological polar surface area (TPSA) is 52.6 Å². The minimum Gasteiger partial charge on any atom is -0.425 e. The minimum absolute atomic E-state index is 0.00383. The lowest BCUT2D eigenvalue weighted by atomic mass is 10.2. The molecule has 0 fully saturated rings. The van der Waals surface area contributed by atoms with Crippen molar-refractivity contribution in [1.82, 2.24) is 0 Å². The Labute approximate surface area is 174 Å². The van der Waals surface area contributed by atoms with Crippen molar-refractivity contribution in [2.24, 2.45) is 0 Å². The fraction of sp³-hybridized carbons (Fsp3) is 0.176. The summed E-state index contributed by atoms with van der Waals surface area (Å²) in [5, 5.41) is 1.21. The quantitative estimate of drug-likeness (QED) is 0.361. The van der Waals surface area contributed by atoms with Crippen molar-refractivity contribution in [3.05, 3.63) is 55.4 Å². The largest absolute Gasteiger partial charge is 0.425 e. The molecule has 0 saturated carbocycles. The standard InChI is InChI=1S/C17H11Cl5O4/c18-9-4-5-14(11(20)6-9)25-15(23)2-1-3-16(24)26-17-12(21)7-10(19)8-13(17)22/h4-8H,1-3H2. The highest BCUT2D eigenvalue weighted by Crippen LogP contribution is 2.36. The molecule has 9 heteroatoms. The second kappa shape index (κ2) is 9.67. The number of esters is 2. The molecular formula is C17H11Cl5O4. The summed E-state index contributed by atoms with van der Waals surface area (Å²) < 4.78 is 10.2. The van der Waals surface area contributed by atoms with Crippen molar-refractivity contribution in [1.29, 1.82) is 0 Å². The summed E-state index contributed by atoms with van der Waals surface area (Å²) >= 11 is 29.3. The highest BCUT2D eigenvalue weighted by atomic mass is 35.5. The molecule has 0 spiro atoms. The smallest absolute Gasteiger partial charge is 0.311 e. The molecule has 0 aliphatic carbocycles. The van der Waals surface area contributed by atoms with Gasteiger partial charge in [0.05, 0.1) is 15.1 Å². The lowest BCUT2D eigenvalue weighted by Gasteiger charge is -2.09. The van der Waals surface area contributed by atoms with Crippen LogP contribution in [0.2, 0.25) is 25.1 Å². The summed E-state index contributed by atoms with van der Waals surface area (Å²) in [7, 11) is 0. The number of carbonyl (C=O) groups is 2. The molecule has 0 aliphatic rings. The van der Waals surface area contributed by atoms with Crippen LogP contribution in [0, 0.1) is 0 Å². The second-order valence-electron chi connectivity index (χ2n) is 5.07. The Morgan fingerprint density at radius 2 is 1.27 bits per heavy atom. The Bertz CT molecular complexity index is 815. The summed E-state index contributed by atoms with van der Waals surface area (Å²) in [6, 6.07) is 7.31. The van der Waals surface area contributed by atoms with Crippen LogP contribution in [0.15, 0.2) is 30.3 Å². The Morgan fingerprint density at radius 1 is 0.731 bits per heavy atom. The molecule has 0 N–H and O–H groups in total. The van der Waals surface area contributed by atoms with E-state index in [1.165, 1.54) is 24.3 Å². The fourth-order valence-electron chi connectivity index (χ4n) is 1.90.